The molecule has 0 saturated carbocycles. The number of hydrogen-bond acceptors (Lipinski definition) is 6. The van der Waals surface area contributed by atoms with E-state index in [9.17, 15) is 15.2 Å². The number of nitrogens with zero attached hydrogens (tertiary/aromatic N) is 3. The summed E-state index contributed by atoms with van der Waals surface area (Å²) in [6.45, 7) is 4.20. The van der Waals surface area contributed by atoms with Crippen LogP contribution in [0.3, 0.4) is 0 Å². The second-order valence-corrected chi connectivity index (χ2v) is 9.28. The van der Waals surface area contributed by atoms with Gasteiger partial charge in [-0.25, -0.2) is 0 Å². The van der Waals surface area contributed by atoms with Crippen molar-refractivity contribution in [1.29, 1.82) is 0 Å². The summed E-state index contributed by atoms with van der Waals surface area (Å²) < 4.78 is 1.62. The van der Waals surface area contributed by atoms with Gasteiger partial charge in [0.1, 0.15) is 5.16 Å². The quantitative estimate of drug-likeness (QED) is 0.230. The molecular weight excluding hydrogens is 445 g/mol. The summed E-state index contributed by atoms with van der Waals surface area (Å²) in [5, 5.41) is 21.6. The van der Waals surface area contributed by atoms with Crippen molar-refractivity contribution >= 4 is 40.8 Å². The van der Waals surface area contributed by atoms with E-state index in [2.05, 4.69) is 0 Å². The van der Waals surface area contributed by atoms with Crippen molar-refractivity contribution in [3.8, 4) is 0 Å². The fourth-order valence-corrected chi connectivity index (χ4v) is 5.94. The van der Waals surface area contributed by atoms with Crippen LogP contribution < -0.4 is 0 Å². The minimum atomic E-state index is -0.890. The fraction of sp³-hybridized carbons (Fsp3) is 0.333. The molecule has 9 heteroatoms. The van der Waals surface area contributed by atoms with Crippen LogP contribution in [-0.4, -0.2) is 31.0 Å². The average Bonchev–Trinajstić information content (AvgIpc) is 2.90. The van der Waals surface area contributed by atoms with Crippen molar-refractivity contribution < 1.29 is 10.0 Å². The van der Waals surface area contributed by atoms with Crippen molar-refractivity contribution in [3.05, 3.63) is 81.1 Å². The zero-order chi connectivity index (χ0) is 21.9. The number of halogens is 2. The molecule has 1 unspecified atom stereocenters. The number of thioether (sulfide) groups is 1. The normalized spacial score (nSPS) is 19.1. The van der Waals surface area contributed by atoms with Gasteiger partial charge in [0.15, 0.2) is 4.99 Å². The van der Waals surface area contributed by atoms with Gasteiger partial charge in [0.2, 0.25) is 0 Å². The maximum atomic E-state index is 11.2. The van der Waals surface area contributed by atoms with Crippen LogP contribution in [-0.2, 0) is 6.54 Å². The lowest BCUT2D eigenvalue weighted by Gasteiger charge is -2.43. The standard InChI is InChI=1S/C21H23Cl2N3O3S/c1-15(2)19-20(22)24(14-16-7-6-8-17(13-16)26(28)29)21(11-12-27,25(19)23)30-18-9-4-3-5-10-18/h3-10,13,15,27H,11-12,14H2,1-2H3. The van der Waals surface area contributed by atoms with Crippen LogP contribution in [0.15, 0.2) is 70.3 Å². The van der Waals surface area contributed by atoms with Crippen molar-refractivity contribution in [2.45, 2.75) is 36.7 Å². The molecule has 1 atom stereocenters. The molecule has 0 amide bonds. The van der Waals surface area contributed by atoms with E-state index in [1.807, 2.05) is 55.1 Å². The highest BCUT2D eigenvalue weighted by Gasteiger charge is 2.51. The minimum Gasteiger partial charge on any atom is -0.396 e. The van der Waals surface area contributed by atoms with Crippen LogP contribution in [0.1, 0.15) is 25.8 Å². The van der Waals surface area contributed by atoms with Gasteiger partial charge in [-0.05, 0) is 23.6 Å². The number of rotatable bonds is 8. The second-order valence-electron chi connectivity index (χ2n) is 7.26. The van der Waals surface area contributed by atoms with E-state index in [0.717, 1.165) is 16.2 Å². The first-order valence-corrected chi connectivity index (χ1v) is 11.0. The molecule has 1 aliphatic heterocycles. The van der Waals surface area contributed by atoms with Crippen LogP contribution in [0.25, 0.3) is 0 Å². The van der Waals surface area contributed by atoms with Crippen LogP contribution in [0, 0.1) is 16.0 Å². The Morgan fingerprint density at radius 1 is 1.20 bits per heavy atom. The monoisotopic (exact) mass is 467 g/mol. The molecular formula is C21H23Cl2N3O3S. The minimum absolute atomic E-state index is 0.0158. The van der Waals surface area contributed by atoms with Gasteiger partial charge in [-0.15, -0.1) is 0 Å². The third-order valence-corrected chi connectivity index (χ3v) is 7.26. The van der Waals surface area contributed by atoms with Gasteiger partial charge in [-0.1, -0.05) is 67.5 Å². The lowest BCUT2D eigenvalue weighted by molar-refractivity contribution is -0.384. The molecule has 1 aliphatic rings. The van der Waals surface area contributed by atoms with E-state index in [0.29, 0.717) is 18.1 Å². The number of aliphatic hydroxyl groups excluding tert-OH is 1. The molecule has 2 aromatic carbocycles. The highest BCUT2D eigenvalue weighted by molar-refractivity contribution is 8.00. The number of hydrogen-bond donors (Lipinski definition) is 1. The Morgan fingerprint density at radius 3 is 2.50 bits per heavy atom. The van der Waals surface area contributed by atoms with Gasteiger partial charge in [0.25, 0.3) is 5.69 Å². The predicted octanol–water partition coefficient (Wildman–Crippen LogP) is 5.76. The third-order valence-electron chi connectivity index (χ3n) is 4.86. The predicted molar refractivity (Wildman–Crippen MR) is 121 cm³/mol. The van der Waals surface area contributed by atoms with E-state index in [1.165, 1.54) is 23.9 Å². The Hall–Kier alpha value is -1.93. The lowest BCUT2D eigenvalue weighted by atomic mass is 10.1. The fourth-order valence-electron chi connectivity index (χ4n) is 3.48. The highest BCUT2D eigenvalue weighted by Crippen LogP contribution is 2.54. The zero-order valence-corrected chi connectivity index (χ0v) is 19.0. The van der Waals surface area contributed by atoms with Gasteiger partial charge < -0.3 is 10.0 Å². The number of benzene rings is 2. The van der Waals surface area contributed by atoms with E-state index in [1.54, 1.807) is 10.5 Å². The molecule has 1 N–H and O–H groups in total. The zero-order valence-electron chi connectivity index (χ0n) is 16.7. The first-order chi connectivity index (χ1) is 14.3. The number of non-ortho nitro benzene ring substituents is 1. The summed E-state index contributed by atoms with van der Waals surface area (Å²) in [6, 6.07) is 16.2. The summed E-state index contributed by atoms with van der Waals surface area (Å²) in [6.07, 6.45) is 0.317. The molecule has 0 aliphatic carbocycles. The number of aliphatic hydroxyl groups is 1. The number of allylic oxidation sites excluding steroid dienone is 1. The van der Waals surface area contributed by atoms with Crippen molar-refractivity contribution in [1.82, 2.24) is 9.32 Å². The number of nitro groups is 1. The summed E-state index contributed by atoms with van der Waals surface area (Å²) in [5.41, 5.74) is 1.50. The van der Waals surface area contributed by atoms with Crippen LogP contribution in [0.2, 0.25) is 0 Å². The Labute approximate surface area is 190 Å². The maximum absolute atomic E-state index is 11.2. The first-order valence-electron chi connectivity index (χ1n) is 9.51. The summed E-state index contributed by atoms with van der Waals surface area (Å²) in [7, 11) is 0. The smallest absolute Gasteiger partial charge is 0.269 e. The summed E-state index contributed by atoms with van der Waals surface area (Å²) >= 11 is 15.2. The van der Waals surface area contributed by atoms with E-state index >= 15 is 0 Å². The molecule has 3 rings (SSSR count). The molecule has 0 spiro atoms. The summed E-state index contributed by atoms with van der Waals surface area (Å²) in [4.78, 5) is 12.8. The molecule has 0 saturated heterocycles. The third kappa shape index (κ3) is 4.39. The molecule has 2 aromatic rings. The Kier molecular flexibility index (Phi) is 7.18. The van der Waals surface area contributed by atoms with Gasteiger partial charge in [-0.3, -0.25) is 14.5 Å². The van der Waals surface area contributed by atoms with Gasteiger partial charge in [0, 0.05) is 48.4 Å². The van der Waals surface area contributed by atoms with Crippen molar-refractivity contribution in [2.24, 2.45) is 5.92 Å². The van der Waals surface area contributed by atoms with Gasteiger partial charge in [-0.2, -0.15) is 0 Å². The SMILES string of the molecule is CC(C)C1=C(Cl)N(Cc2cccc([N+](=O)[O-])c2)C(CCO)(Sc2ccccc2)N1Cl. The largest absolute Gasteiger partial charge is 0.396 e. The van der Waals surface area contributed by atoms with E-state index in [-0.39, 0.29) is 18.2 Å². The maximum Gasteiger partial charge on any atom is 0.269 e. The lowest BCUT2D eigenvalue weighted by Crippen LogP contribution is -2.49. The van der Waals surface area contributed by atoms with Crippen LogP contribution >= 0.6 is 35.1 Å². The van der Waals surface area contributed by atoms with Gasteiger partial charge in [0.05, 0.1) is 10.6 Å². The van der Waals surface area contributed by atoms with Crippen LogP contribution in [0.5, 0.6) is 0 Å². The molecule has 0 aromatic heterocycles. The van der Waals surface area contributed by atoms with Gasteiger partial charge >= 0.3 is 0 Å². The first kappa shape index (κ1) is 22.7. The molecule has 30 heavy (non-hydrogen) atoms. The van der Waals surface area contributed by atoms with Crippen LogP contribution in [0.4, 0.5) is 5.69 Å². The Bertz CT molecular complexity index is 942. The molecule has 0 radical (unpaired) electrons. The molecule has 6 nitrogen and oxygen atoms in total. The Morgan fingerprint density at radius 2 is 1.90 bits per heavy atom. The Balaban J connectivity index is 2.07. The van der Waals surface area contributed by atoms with Crippen molar-refractivity contribution in [3.63, 3.8) is 0 Å². The molecule has 0 fully saturated rings. The average molecular weight is 468 g/mol. The van der Waals surface area contributed by atoms with E-state index < -0.39 is 9.92 Å². The highest BCUT2D eigenvalue weighted by atomic mass is 35.5. The number of nitro benzene ring substituents is 1. The molecule has 160 valence electrons. The van der Waals surface area contributed by atoms with E-state index in [4.69, 9.17) is 23.4 Å². The summed E-state index contributed by atoms with van der Waals surface area (Å²) in [5.74, 6) is 0.0413. The topological polar surface area (TPSA) is 69.8 Å². The van der Waals surface area contributed by atoms with Crippen molar-refractivity contribution in [2.75, 3.05) is 6.61 Å². The second kappa shape index (κ2) is 9.47. The molecule has 1 heterocycles. The molecule has 0 bridgehead atoms.